The van der Waals surface area contributed by atoms with Crippen LogP contribution in [0.2, 0.25) is 0 Å². The summed E-state index contributed by atoms with van der Waals surface area (Å²) in [6.45, 7) is 0.406. The smallest absolute Gasteiger partial charge is 0.314 e. The van der Waals surface area contributed by atoms with Crippen LogP contribution in [-0.2, 0) is 16.2 Å². The number of halogens is 2. The highest BCUT2D eigenvalue weighted by atomic mass is 19.2. The number of anilines is 2. The molecule has 0 aromatic heterocycles. The summed E-state index contributed by atoms with van der Waals surface area (Å²) in [5, 5.41) is 4.61. The third-order valence-corrected chi connectivity index (χ3v) is 3.74. The van der Waals surface area contributed by atoms with Crippen LogP contribution < -0.4 is 15.4 Å². The second-order valence-corrected chi connectivity index (χ2v) is 5.84. The number of ether oxygens (including phenoxy) is 1. The highest BCUT2D eigenvalue weighted by Gasteiger charge is 2.15. The summed E-state index contributed by atoms with van der Waals surface area (Å²) < 4.78 is 31.7. The lowest BCUT2D eigenvalue weighted by Gasteiger charge is -2.09. The molecule has 0 bridgehead atoms. The number of carbonyl (C=O) groups excluding carboxylic acids is 2. The average molecular weight is 382 g/mol. The molecular formula is C21H16F2N2O3. The Hall–Kier alpha value is -3.74. The normalized spacial score (nSPS) is 10.2. The number of nitrogens with one attached hydrogen (secondary N) is 2. The van der Waals surface area contributed by atoms with Crippen molar-refractivity contribution in [2.24, 2.45) is 0 Å². The van der Waals surface area contributed by atoms with Gasteiger partial charge in [0.15, 0.2) is 11.6 Å². The Morgan fingerprint density at radius 3 is 2.00 bits per heavy atom. The number of benzene rings is 3. The molecule has 3 aromatic rings. The van der Waals surface area contributed by atoms with E-state index in [1.165, 1.54) is 0 Å². The summed E-state index contributed by atoms with van der Waals surface area (Å²) in [5.74, 6) is -3.51. The zero-order chi connectivity index (χ0) is 19.9. The van der Waals surface area contributed by atoms with Crippen LogP contribution in [0.3, 0.4) is 0 Å². The Morgan fingerprint density at radius 1 is 0.750 bits per heavy atom. The maximum atomic E-state index is 13.1. The monoisotopic (exact) mass is 382 g/mol. The molecule has 0 atom stereocenters. The summed E-state index contributed by atoms with van der Waals surface area (Å²) in [5.41, 5.74) is 1.38. The molecule has 0 radical (unpaired) electrons. The fourth-order valence-corrected chi connectivity index (χ4v) is 2.33. The van der Waals surface area contributed by atoms with Gasteiger partial charge in [0.05, 0.1) is 0 Å². The largest absolute Gasteiger partial charge is 0.489 e. The standard InChI is InChI=1S/C21H16F2N2O3/c22-18-11-8-16(12-19(18)23)25-21(27)20(26)24-15-6-9-17(10-7-15)28-13-14-4-2-1-3-5-14/h1-12H,13H2,(H,24,26)(H,25,27). The molecule has 0 saturated carbocycles. The molecule has 0 unspecified atom stereocenters. The van der Waals surface area contributed by atoms with Crippen LogP contribution in [0.15, 0.2) is 72.8 Å². The fourth-order valence-electron chi connectivity index (χ4n) is 2.33. The molecule has 0 aliphatic rings. The van der Waals surface area contributed by atoms with E-state index in [2.05, 4.69) is 10.6 Å². The first-order valence-electron chi connectivity index (χ1n) is 8.35. The molecule has 3 aromatic carbocycles. The lowest BCUT2D eigenvalue weighted by molar-refractivity contribution is -0.133. The van der Waals surface area contributed by atoms with Gasteiger partial charge in [-0.15, -0.1) is 0 Å². The highest BCUT2D eigenvalue weighted by Crippen LogP contribution is 2.17. The van der Waals surface area contributed by atoms with Gasteiger partial charge in [0.2, 0.25) is 0 Å². The van der Waals surface area contributed by atoms with E-state index in [1.54, 1.807) is 24.3 Å². The zero-order valence-corrected chi connectivity index (χ0v) is 14.6. The number of rotatable bonds is 5. The summed E-state index contributed by atoms with van der Waals surface area (Å²) in [6.07, 6.45) is 0. The SMILES string of the molecule is O=C(Nc1ccc(OCc2ccccc2)cc1)C(=O)Nc1ccc(F)c(F)c1. The lowest BCUT2D eigenvalue weighted by atomic mass is 10.2. The Balaban J connectivity index is 1.53. The first-order chi connectivity index (χ1) is 13.5. The zero-order valence-electron chi connectivity index (χ0n) is 14.6. The second kappa shape index (κ2) is 8.77. The summed E-state index contributed by atoms with van der Waals surface area (Å²) >= 11 is 0. The van der Waals surface area contributed by atoms with E-state index in [0.29, 0.717) is 18.0 Å². The molecule has 0 heterocycles. The first kappa shape index (κ1) is 19.0. The van der Waals surface area contributed by atoms with Crippen molar-refractivity contribution in [2.45, 2.75) is 6.61 Å². The molecule has 0 spiro atoms. The summed E-state index contributed by atoms with van der Waals surface area (Å²) in [6, 6.07) is 18.9. The van der Waals surface area contributed by atoms with Gasteiger partial charge in [-0.1, -0.05) is 30.3 Å². The molecule has 0 saturated heterocycles. The topological polar surface area (TPSA) is 67.4 Å². The van der Waals surface area contributed by atoms with Crippen molar-refractivity contribution < 1.29 is 23.1 Å². The van der Waals surface area contributed by atoms with E-state index in [0.717, 1.165) is 23.8 Å². The third kappa shape index (κ3) is 5.14. The van der Waals surface area contributed by atoms with Crippen LogP contribution in [0.4, 0.5) is 20.2 Å². The van der Waals surface area contributed by atoms with E-state index in [4.69, 9.17) is 4.74 Å². The molecule has 0 aliphatic heterocycles. The van der Waals surface area contributed by atoms with Crippen LogP contribution in [0, 0.1) is 11.6 Å². The predicted octanol–water partition coefficient (Wildman–Crippen LogP) is 4.12. The Bertz CT molecular complexity index is 977. The Labute approximate surface area is 160 Å². The molecule has 0 aliphatic carbocycles. The van der Waals surface area contributed by atoms with Crippen LogP contribution in [0.25, 0.3) is 0 Å². The molecular weight excluding hydrogens is 366 g/mol. The van der Waals surface area contributed by atoms with E-state index >= 15 is 0 Å². The van der Waals surface area contributed by atoms with Crippen molar-refractivity contribution in [1.82, 2.24) is 0 Å². The van der Waals surface area contributed by atoms with Gasteiger partial charge in [-0.25, -0.2) is 8.78 Å². The molecule has 28 heavy (non-hydrogen) atoms. The number of amides is 2. The third-order valence-electron chi connectivity index (χ3n) is 3.74. The molecule has 142 valence electrons. The van der Waals surface area contributed by atoms with Gasteiger partial charge in [0.1, 0.15) is 12.4 Å². The van der Waals surface area contributed by atoms with Crippen molar-refractivity contribution in [3.63, 3.8) is 0 Å². The van der Waals surface area contributed by atoms with Crippen molar-refractivity contribution in [3.05, 3.63) is 90.0 Å². The molecule has 5 nitrogen and oxygen atoms in total. The van der Waals surface area contributed by atoms with Crippen molar-refractivity contribution in [2.75, 3.05) is 10.6 Å². The minimum atomic E-state index is -1.12. The quantitative estimate of drug-likeness (QED) is 0.653. The number of hydrogen-bond donors (Lipinski definition) is 2. The molecule has 7 heteroatoms. The first-order valence-corrected chi connectivity index (χ1v) is 8.35. The van der Waals surface area contributed by atoms with Crippen LogP contribution in [0.1, 0.15) is 5.56 Å². The van der Waals surface area contributed by atoms with E-state index in [9.17, 15) is 18.4 Å². The fraction of sp³-hybridized carbons (Fsp3) is 0.0476. The van der Waals surface area contributed by atoms with Gasteiger partial charge < -0.3 is 15.4 Å². The van der Waals surface area contributed by atoms with Gasteiger partial charge in [-0.05, 0) is 42.0 Å². The van der Waals surface area contributed by atoms with E-state index in [1.807, 2.05) is 30.3 Å². The Morgan fingerprint density at radius 2 is 1.36 bits per heavy atom. The van der Waals surface area contributed by atoms with Gasteiger partial charge in [0, 0.05) is 17.4 Å². The molecule has 2 amide bonds. The van der Waals surface area contributed by atoms with Gasteiger partial charge in [0.25, 0.3) is 0 Å². The average Bonchev–Trinajstić information content (AvgIpc) is 2.71. The lowest BCUT2D eigenvalue weighted by Crippen LogP contribution is -2.29. The molecule has 3 rings (SSSR count). The van der Waals surface area contributed by atoms with Crippen LogP contribution in [-0.4, -0.2) is 11.8 Å². The van der Waals surface area contributed by atoms with Crippen molar-refractivity contribution in [1.29, 1.82) is 0 Å². The number of hydrogen-bond acceptors (Lipinski definition) is 3. The predicted molar refractivity (Wildman–Crippen MR) is 101 cm³/mol. The maximum Gasteiger partial charge on any atom is 0.314 e. The van der Waals surface area contributed by atoms with Gasteiger partial charge in [-0.3, -0.25) is 9.59 Å². The number of carbonyl (C=O) groups is 2. The van der Waals surface area contributed by atoms with Crippen LogP contribution in [0.5, 0.6) is 5.75 Å². The molecule has 0 fully saturated rings. The highest BCUT2D eigenvalue weighted by molar-refractivity contribution is 6.43. The Kier molecular flexibility index (Phi) is 5.96. The second-order valence-electron chi connectivity index (χ2n) is 5.84. The van der Waals surface area contributed by atoms with E-state index in [-0.39, 0.29) is 5.69 Å². The summed E-state index contributed by atoms with van der Waals surface area (Å²) in [7, 11) is 0. The van der Waals surface area contributed by atoms with E-state index < -0.39 is 23.4 Å². The van der Waals surface area contributed by atoms with Crippen molar-refractivity contribution in [3.8, 4) is 5.75 Å². The minimum absolute atomic E-state index is 0.0243. The molecule has 2 N–H and O–H groups in total. The minimum Gasteiger partial charge on any atom is -0.489 e. The van der Waals surface area contributed by atoms with Crippen molar-refractivity contribution >= 4 is 23.2 Å². The maximum absolute atomic E-state index is 13.1. The van der Waals surface area contributed by atoms with Gasteiger partial charge >= 0.3 is 11.8 Å². The van der Waals surface area contributed by atoms with Gasteiger partial charge in [-0.2, -0.15) is 0 Å². The summed E-state index contributed by atoms with van der Waals surface area (Å²) in [4.78, 5) is 23.8. The van der Waals surface area contributed by atoms with Crippen LogP contribution >= 0.6 is 0 Å².